The van der Waals surface area contributed by atoms with E-state index < -0.39 is 0 Å². The highest BCUT2D eigenvalue weighted by molar-refractivity contribution is 5.86. The number of ether oxygens (including phenoxy) is 1. The zero-order valence-electron chi connectivity index (χ0n) is 16.6. The number of hydrogen-bond acceptors (Lipinski definition) is 4. The molecule has 0 unspecified atom stereocenters. The van der Waals surface area contributed by atoms with Crippen molar-refractivity contribution in [3.8, 4) is 5.75 Å². The lowest BCUT2D eigenvalue weighted by atomic mass is 10.1. The zero-order valence-corrected chi connectivity index (χ0v) is 16.6. The molecule has 4 rings (SSSR count). The van der Waals surface area contributed by atoms with Crippen LogP contribution >= 0.6 is 0 Å². The molecule has 3 aromatic rings. The normalized spacial score (nSPS) is 14.0. The number of hydrogen-bond donors (Lipinski definition) is 1. The van der Waals surface area contributed by atoms with Crippen molar-refractivity contribution in [2.45, 2.75) is 25.7 Å². The van der Waals surface area contributed by atoms with E-state index in [9.17, 15) is 4.79 Å². The number of anilines is 1. The fourth-order valence-corrected chi connectivity index (χ4v) is 3.71. The number of aromatic nitrogens is 1. The van der Waals surface area contributed by atoms with Crippen LogP contribution in [0.4, 0.5) is 5.82 Å². The third-order valence-corrected chi connectivity index (χ3v) is 5.29. The molecular formula is C24H27N3O2. The number of pyridine rings is 1. The van der Waals surface area contributed by atoms with E-state index in [0.717, 1.165) is 36.2 Å². The van der Waals surface area contributed by atoms with Crippen LogP contribution in [0.3, 0.4) is 0 Å². The lowest BCUT2D eigenvalue weighted by Gasteiger charge is -2.28. The number of fused-ring (bicyclic) bond motifs is 1. The Labute approximate surface area is 171 Å². The van der Waals surface area contributed by atoms with Crippen LogP contribution in [0, 0.1) is 0 Å². The second kappa shape index (κ2) is 9.41. The van der Waals surface area contributed by atoms with Crippen molar-refractivity contribution >= 4 is 22.6 Å². The predicted octanol–water partition coefficient (Wildman–Crippen LogP) is 3.96. The number of para-hydroxylation sites is 1. The number of amides is 1. The van der Waals surface area contributed by atoms with E-state index >= 15 is 0 Å². The van der Waals surface area contributed by atoms with Gasteiger partial charge in [-0.1, -0.05) is 42.5 Å². The van der Waals surface area contributed by atoms with Gasteiger partial charge in [0.05, 0.1) is 0 Å². The predicted molar refractivity (Wildman–Crippen MR) is 116 cm³/mol. The number of piperidine rings is 1. The van der Waals surface area contributed by atoms with Gasteiger partial charge in [0.1, 0.15) is 17.1 Å². The Morgan fingerprint density at radius 1 is 0.966 bits per heavy atom. The SMILES string of the molecule is O=C(COc1cccc2ccc(N3CCCCC3)nc12)NCCc1ccccc1. The van der Waals surface area contributed by atoms with Crippen LogP contribution in [-0.2, 0) is 11.2 Å². The summed E-state index contributed by atoms with van der Waals surface area (Å²) in [5.41, 5.74) is 2.02. The smallest absolute Gasteiger partial charge is 0.257 e. The van der Waals surface area contributed by atoms with Crippen LogP contribution in [0.15, 0.2) is 60.7 Å². The van der Waals surface area contributed by atoms with E-state index in [-0.39, 0.29) is 12.5 Å². The third kappa shape index (κ3) is 5.05. The number of nitrogens with one attached hydrogen (secondary N) is 1. The summed E-state index contributed by atoms with van der Waals surface area (Å²) in [7, 11) is 0. The fraction of sp³-hybridized carbons (Fsp3) is 0.333. The van der Waals surface area contributed by atoms with Gasteiger partial charge in [0.2, 0.25) is 0 Å². The van der Waals surface area contributed by atoms with Gasteiger partial charge in [0.15, 0.2) is 6.61 Å². The molecule has 1 aliphatic heterocycles. The molecular weight excluding hydrogens is 362 g/mol. The molecule has 1 N–H and O–H groups in total. The first kappa shape index (κ1) is 19.2. The molecule has 5 nitrogen and oxygen atoms in total. The average Bonchev–Trinajstić information content (AvgIpc) is 2.78. The van der Waals surface area contributed by atoms with E-state index in [1.807, 2.05) is 36.4 Å². The second-order valence-corrected chi connectivity index (χ2v) is 7.42. The summed E-state index contributed by atoms with van der Waals surface area (Å²) >= 11 is 0. The van der Waals surface area contributed by atoms with Crippen LogP contribution < -0.4 is 15.0 Å². The first-order chi connectivity index (χ1) is 14.3. The molecule has 0 bridgehead atoms. The summed E-state index contributed by atoms with van der Waals surface area (Å²) in [4.78, 5) is 19.4. The maximum atomic E-state index is 12.2. The highest BCUT2D eigenvalue weighted by Gasteiger charge is 2.14. The molecule has 0 aliphatic carbocycles. The van der Waals surface area contributed by atoms with Crippen molar-refractivity contribution in [2.24, 2.45) is 0 Å². The lowest BCUT2D eigenvalue weighted by molar-refractivity contribution is -0.123. The van der Waals surface area contributed by atoms with Gasteiger partial charge in [0.25, 0.3) is 5.91 Å². The summed E-state index contributed by atoms with van der Waals surface area (Å²) in [6, 6.07) is 20.1. The minimum Gasteiger partial charge on any atom is -0.481 e. The van der Waals surface area contributed by atoms with E-state index in [2.05, 4.69) is 34.5 Å². The van der Waals surface area contributed by atoms with Gasteiger partial charge < -0.3 is 15.0 Å². The highest BCUT2D eigenvalue weighted by Crippen LogP contribution is 2.27. The van der Waals surface area contributed by atoms with Crippen molar-refractivity contribution in [3.05, 3.63) is 66.2 Å². The van der Waals surface area contributed by atoms with Crippen LogP contribution in [0.2, 0.25) is 0 Å². The zero-order chi connectivity index (χ0) is 19.9. The van der Waals surface area contributed by atoms with Gasteiger partial charge in [-0.3, -0.25) is 4.79 Å². The van der Waals surface area contributed by atoms with E-state index in [0.29, 0.717) is 12.3 Å². The lowest BCUT2D eigenvalue weighted by Crippen LogP contribution is -2.30. The van der Waals surface area contributed by atoms with Crippen molar-refractivity contribution in [3.63, 3.8) is 0 Å². The Kier molecular flexibility index (Phi) is 6.25. The molecule has 29 heavy (non-hydrogen) atoms. The van der Waals surface area contributed by atoms with Gasteiger partial charge in [0, 0.05) is 25.0 Å². The van der Waals surface area contributed by atoms with E-state index in [4.69, 9.17) is 9.72 Å². The van der Waals surface area contributed by atoms with Gasteiger partial charge in [-0.2, -0.15) is 0 Å². The van der Waals surface area contributed by atoms with Crippen LogP contribution in [0.5, 0.6) is 5.75 Å². The molecule has 1 fully saturated rings. The minimum atomic E-state index is -0.120. The van der Waals surface area contributed by atoms with Gasteiger partial charge >= 0.3 is 0 Å². The van der Waals surface area contributed by atoms with Crippen LogP contribution in [0.25, 0.3) is 10.9 Å². The summed E-state index contributed by atoms with van der Waals surface area (Å²) in [5, 5.41) is 3.94. The molecule has 1 amide bonds. The number of carbonyl (C=O) groups is 1. The number of benzene rings is 2. The number of rotatable bonds is 7. The number of carbonyl (C=O) groups excluding carboxylic acids is 1. The molecule has 1 aromatic heterocycles. The summed E-state index contributed by atoms with van der Waals surface area (Å²) in [5.74, 6) is 1.52. The van der Waals surface area contributed by atoms with Crippen molar-refractivity contribution in [2.75, 3.05) is 31.1 Å². The summed E-state index contributed by atoms with van der Waals surface area (Å²) in [6.45, 7) is 2.68. The van der Waals surface area contributed by atoms with Crippen LogP contribution in [0.1, 0.15) is 24.8 Å². The van der Waals surface area contributed by atoms with Gasteiger partial charge in [-0.05, 0) is 49.4 Å². The van der Waals surface area contributed by atoms with Crippen molar-refractivity contribution in [1.82, 2.24) is 10.3 Å². The standard InChI is InChI=1S/C24H27N3O2/c28-23(25-15-14-19-8-3-1-4-9-19)18-29-21-11-7-10-20-12-13-22(26-24(20)21)27-16-5-2-6-17-27/h1,3-4,7-13H,2,5-6,14-18H2,(H,25,28). The average molecular weight is 389 g/mol. The first-order valence-corrected chi connectivity index (χ1v) is 10.4. The molecule has 1 aliphatic rings. The Morgan fingerprint density at radius 3 is 2.62 bits per heavy atom. The Bertz CT molecular complexity index is 953. The topological polar surface area (TPSA) is 54.5 Å². The van der Waals surface area contributed by atoms with Crippen LogP contribution in [-0.4, -0.2) is 37.1 Å². The molecule has 2 heterocycles. The number of nitrogens with zero attached hydrogens (tertiary/aromatic N) is 2. The van der Waals surface area contributed by atoms with E-state index in [1.165, 1.54) is 24.8 Å². The van der Waals surface area contributed by atoms with Gasteiger partial charge in [-0.25, -0.2) is 4.98 Å². The second-order valence-electron chi connectivity index (χ2n) is 7.42. The molecule has 1 saturated heterocycles. The third-order valence-electron chi connectivity index (χ3n) is 5.29. The van der Waals surface area contributed by atoms with Crippen molar-refractivity contribution < 1.29 is 9.53 Å². The maximum absolute atomic E-state index is 12.2. The maximum Gasteiger partial charge on any atom is 0.257 e. The van der Waals surface area contributed by atoms with Crippen molar-refractivity contribution in [1.29, 1.82) is 0 Å². The Morgan fingerprint density at radius 2 is 1.79 bits per heavy atom. The Hall–Kier alpha value is -3.08. The minimum absolute atomic E-state index is 0.0104. The van der Waals surface area contributed by atoms with Gasteiger partial charge in [-0.15, -0.1) is 0 Å². The molecule has 150 valence electrons. The quantitative estimate of drug-likeness (QED) is 0.664. The molecule has 2 aromatic carbocycles. The monoisotopic (exact) mass is 389 g/mol. The largest absolute Gasteiger partial charge is 0.481 e. The fourth-order valence-electron chi connectivity index (χ4n) is 3.71. The first-order valence-electron chi connectivity index (χ1n) is 10.4. The summed E-state index contributed by atoms with van der Waals surface area (Å²) in [6.07, 6.45) is 4.52. The Balaban J connectivity index is 1.37. The highest BCUT2D eigenvalue weighted by atomic mass is 16.5. The molecule has 0 radical (unpaired) electrons. The van der Waals surface area contributed by atoms with E-state index in [1.54, 1.807) is 0 Å². The molecule has 0 spiro atoms. The molecule has 5 heteroatoms. The molecule has 0 atom stereocenters. The molecule has 0 saturated carbocycles. The summed E-state index contributed by atoms with van der Waals surface area (Å²) < 4.78 is 5.83.